The second kappa shape index (κ2) is 4.46. The predicted octanol–water partition coefficient (Wildman–Crippen LogP) is 1.66. The smallest absolute Gasteiger partial charge is 0.146 e. The molecule has 0 aliphatic carbocycles. The van der Waals surface area contributed by atoms with Crippen LogP contribution in [0, 0.1) is 5.92 Å². The number of aryl methyl sites for hydroxylation is 1. The molecule has 2 aliphatic heterocycles. The molecule has 0 bridgehead atoms. The Kier molecular flexibility index (Phi) is 2.80. The summed E-state index contributed by atoms with van der Waals surface area (Å²) < 4.78 is 0. The van der Waals surface area contributed by atoms with Gasteiger partial charge in [0.15, 0.2) is 0 Å². The summed E-state index contributed by atoms with van der Waals surface area (Å²) in [5, 5.41) is 5.21. The first kappa shape index (κ1) is 11.3. The van der Waals surface area contributed by atoms with E-state index in [1.807, 2.05) is 5.01 Å². The lowest BCUT2D eigenvalue weighted by atomic mass is 10.0. The second-order valence-electron chi connectivity index (χ2n) is 4.74. The Labute approximate surface area is 107 Å². The molecule has 94 valence electrons. The molecular weight excluding hydrogens is 224 g/mol. The van der Waals surface area contributed by atoms with Crippen LogP contribution in [0.3, 0.4) is 0 Å². The summed E-state index contributed by atoms with van der Waals surface area (Å²) in [7, 11) is 0. The van der Waals surface area contributed by atoms with E-state index in [9.17, 15) is 0 Å². The number of nitrogens with zero attached hydrogens (tertiary/aromatic N) is 2. The van der Waals surface area contributed by atoms with E-state index in [4.69, 9.17) is 0 Å². The zero-order chi connectivity index (χ0) is 12.5. The number of nitrogens with one attached hydrogen (secondary N) is 2. The molecule has 4 nitrogen and oxygen atoms in total. The van der Waals surface area contributed by atoms with Gasteiger partial charge >= 0.3 is 0 Å². The van der Waals surface area contributed by atoms with Crippen molar-refractivity contribution in [1.82, 2.24) is 10.7 Å². The van der Waals surface area contributed by atoms with Crippen LogP contribution in [-0.2, 0) is 6.42 Å². The highest BCUT2D eigenvalue weighted by Crippen LogP contribution is 2.23. The summed E-state index contributed by atoms with van der Waals surface area (Å²) >= 11 is 0. The second-order valence-corrected chi connectivity index (χ2v) is 4.74. The lowest BCUT2D eigenvalue weighted by Crippen LogP contribution is -2.51. The maximum absolute atomic E-state index is 4.51. The number of hydrazine groups is 1. The Morgan fingerprint density at radius 1 is 1.33 bits per heavy atom. The third kappa shape index (κ3) is 1.88. The maximum Gasteiger partial charge on any atom is 0.146 e. The number of rotatable bonds is 3. The van der Waals surface area contributed by atoms with Crippen LogP contribution in [0.25, 0.3) is 0 Å². The van der Waals surface area contributed by atoms with Gasteiger partial charge < -0.3 is 5.32 Å². The van der Waals surface area contributed by atoms with Gasteiger partial charge in [0.05, 0.1) is 5.69 Å². The van der Waals surface area contributed by atoms with Crippen LogP contribution in [0.2, 0.25) is 0 Å². The molecule has 0 spiro atoms. The minimum Gasteiger partial charge on any atom is -0.315 e. The maximum atomic E-state index is 4.51. The Balaban J connectivity index is 1.75. The fourth-order valence-electron chi connectivity index (χ4n) is 2.15. The van der Waals surface area contributed by atoms with Crippen molar-refractivity contribution in [2.75, 3.05) is 18.1 Å². The minimum atomic E-state index is 0.502. The lowest BCUT2D eigenvalue weighted by Gasteiger charge is -2.28. The van der Waals surface area contributed by atoms with Crippen LogP contribution in [0.4, 0.5) is 5.69 Å². The van der Waals surface area contributed by atoms with Crippen molar-refractivity contribution in [2.24, 2.45) is 10.9 Å². The standard InChI is InChI=1S/C14H18N4/c1-3-11-4-6-13(7-5-11)18-10(2)16-14(17-18)12-8-15-9-12/h4-7,12,15H,2-3,8-9H2,1H3,(H,16,17). The minimum absolute atomic E-state index is 0.502. The van der Waals surface area contributed by atoms with Gasteiger partial charge in [-0.25, -0.2) is 10.0 Å². The first-order valence-electron chi connectivity index (χ1n) is 6.42. The average Bonchev–Trinajstić information content (AvgIpc) is 2.69. The Morgan fingerprint density at radius 3 is 2.61 bits per heavy atom. The van der Waals surface area contributed by atoms with E-state index in [0.29, 0.717) is 5.92 Å². The summed E-state index contributed by atoms with van der Waals surface area (Å²) in [6.07, 6.45) is 1.06. The highest BCUT2D eigenvalue weighted by molar-refractivity contribution is 5.91. The van der Waals surface area contributed by atoms with E-state index in [2.05, 4.69) is 53.5 Å². The van der Waals surface area contributed by atoms with Crippen LogP contribution in [0.5, 0.6) is 0 Å². The van der Waals surface area contributed by atoms with E-state index < -0.39 is 0 Å². The van der Waals surface area contributed by atoms with Gasteiger partial charge in [-0.2, -0.15) is 0 Å². The molecule has 3 rings (SSSR count). The number of hydrogen-bond donors (Lipinski definition) is 2. The zero-order valence-corrected chi connectivity index (χ0v) is 10.6. The van der Waals surface area contributed by atoms with Crippen molar-refractivity contribution in [3.8, 4) is 0 Å². The predicted molar refractivity (Wildman–Crippen MR) is 74.4 cm³/mol. The van der Waals surface area contributed by atoms with Gasteiger partial charge in [0.1, 0.15) is 11.7 Å². The first-order chi connectivity index (χ1) is 8.78. The van der Waals surface area contributed by atoms with Crippen LogP contribution >= 0.6 is 0 Å². The first-order valence-corrected chi connectivity index (χ1v) is 6.42. The van der Waals surface area contributed by atoms with Crippen LogP contribution in [-0.4, -0.2) is 18.9 Å². The SMILES string of the molecule is C=C1N=C(C2CNC2)NN1c1ccc(CC)cc1. The molecule has 0 aromatic heterocycles. The van der Waals surface area contributed by atoms with Crippen molar-refractivity contribution in [3.63, 3.8) is 0 Å². The fourth-order valence-corrected chi connectivity index (χ4v) is 2.15. The number of amidine groups is 1. The van der Waals surface area contributed by atoms with E-state index >= 15 is 0 Å². The van der Waals surface area contributed by atoms with Gasteiger partial charge in [0.25, 0.3) is 0 Å². The van der Waals surface area contributed by atoms with Crippen molar-refractivity contribution >= 4 is 11.5 Å². The quantitative estimate of drug-likeness (QED) is 0.847. The topological polar surface area (TPSA) is 39.7 Å². The molecule has 2 N–H and O–H groups in total. The fraction of sp³-hybridized carbons (Fsp3) is 0.357. The van der Waals surface area contributed by atoms with Gasteiger partial charge in [-0.3, -0.25) is 5.43 Å². The molecule has 0 saturated carbocycles. The molecule has 0 unspecified atom stereocenters. The molecule has 2 aliphatic rings. The molecule has 1 aromatic carbocycles. The number of hydrogen-bond acceptors (Lipinski definition) is 4. The molecule has 4 heteroatoms. The third-order valence-electron chi connectivity index (χ3n) is 3.50. The average molecular weight is 242 g/mol. The third-order valence-corrected chi connectivity index (χ3v) is 3.50. The van der Waals surface area contributed by atoms with Crippen molar-refractivity contribution in [3.05, 3.63) is 42.2 Å². The van der Waals surface area contributed by atoms with Crippen LogP contribution in [0.15, 0.2) is 41.7 Å². The molecule has 2 heterocycles. The van der Waals surface area contributed by atoms with Crippen molar-refractivity contribution < 1.29 is 0 Å². The highest BCUT2D eigenvalue weighted by Gasteiger charge is 2.29. The summed E-state index contributed by atoms with van der Waals surface area (Å²) in [4.78, 5) is 4.51. The van der Waals surface area contributed by atoms with Gasteiger partial charge in [0, 0.05) is 19.0 Å². The molecule has 0 amide bonds. The lowest BCUT2D eigenvalue weighted by molar-refractivity contribution is 0.436. The Morgan fingerprint density at radius 2 is 2.06 bits per heavy atom. The number of benzene rings is 1. The van der Waals surface area contributed by atoms with E-state index in [0.717, 1.165) is 36.9 Å². The molecule has 0 atom stereocenters. The van der Waals surface area contributed by atoms with E-state index in [1.54, 1.807) is 0 Å². The summed E-state index contributed by atoms with van der Waals surface area (Å²) in [6, 6.07) is 8.50. The molecule has 1 saturated heterocycles. The summed E-state index contributed by atoms with van der Waals surface area (Å²) in [6.45, 7) is 8.16. The van der Waals surface area contributed by atoms with Crippen LogP contribution < -0.4 is 15.8 Å². The summed E-state index contributed by atoms with van der Waals surface area (Å²) in [5.41, 5.74) is 5.77. The highest BCUT2D eigenvalue weighted by atomic mass is 15.6. The molecular formula is C14H18N4. The Hall–Kier alpha value is -1.81. The van der Waals surface area contributed by atoms with Gasteiger partial charge in [-0.15, -0.1) is 0 Å². The summed E-state index contributed by atoms with van der Waals surface area (Å²) in [5.74, 6) is 2.29. The molecule has 0 radical (unpaired) electrons. The van der Waals surface area contributed by atoms with Gasteiger partial charge in [0.2, 0.25) is 0 Å². The zero-order valence-electron chi connectivity index (χ0n) is 10.6. The molecule has 1 fully saturated rings. The molecule has 18 heavy (non-hydrogen) atoms. The van der Waals surface area contributed by atoms with E-state index in [-0.39, 0.29) is 0 Å². The van der Waals surface area contributed by atoms with Crippen molar-refractivity contribution in [2.45, 2.75) is 13.3 Å². The molecule has 1 aromatic rings. The number of aliphatic imine (C=N–C) groups is 1. The van der Waals surface area contributed by atoms with E-state index in [1.165, 1.54) is 5.56 Å². The monoisotopic (exact) mass is 242 g/mol. The van der Waals surface area contributed by atoms with Gasteiger partial charge in [-0.05, 0) is 24.1 Å². The van der Waals surface area contributed by atoms with Crippen molar-refractivity contribution in [1.29, 1.82) is 0 Å². The van der Waals surface area contributed by atoms with Crippen LogP contribution in [0.1, 0.15) is 12.5 Å². The normalized spacial score (nSPS) is 19.5. The number of anilines is 1. The Bertz CT molecular complexity index is 485. The largest absolute Gasteiger partial charge is 0.315 e. The van der Waals surface area contributed by atoms with Gasteiger partial charge in [-0.1, -0.05) is 25.6 Å².